The maximum Gasteiger partial charge on any atom is 0.335 e. The highest BCUT2D eigenvalue weighted by Crippen LogP contribution is 2.10. The molecule has 0 aromatic heterocycles. The summed E-state index contributed by atoms with van der Waals surface area (Å²) in [5.74, 6) is -0.792. The lowest BCUT2D eigenvalue weighted by molar-refractivity contribution is -0.133. The molecule has 152 valence electrons. The van der Waals surface area contributed by atoms with Crippen molar-refractivity contribution in [2.24, 2.45) is 0 Å². The summed E-state index contributed by atoms with van der Waals surface area (Å²) in [5, 5.41) is 11.9. The predicted molar refractivity (Wildman–Crippen MR) is 104 cm³/mol. The van der Waals surface area contributed by atoms with Crippen molar-refractivity contribution < 1.29 is 19.5 Å². The van der Waals surface area contributed by atoms with Crippen molar-refractivity contribution in [2.75, 3.05) is 45.8 Å². The number of hydrogen-bond acceptors (Lipinski definition) is 4. The summed E-state index contributed by atoms with van der Waals surface area (Å²) in [4.78, 5) is 41.6. The van der Waals surface area contributed by atoms with E-state index in [4.69, 9.17) is 5.11 Å². The summed E-state index contributed by atoms with van der Waals surface area (Å²) in [6.07, 6.45) is 3.39. The number of amides is 3. The molecule has 0 aliphatic carbocycles. The van der Waals surface area contributed by atoms with Gasteiger partial charge in [0.2, 0.25) is 5.91 Å². The highest BCUT2D eigenvalue weighted by molar-refractivity contribution is 5.87. The zero-order valence-corrected chi connectivity index (χ0v) is 16.1. The third-order valence-electron chi connectivity index (χ3n) is 5.34. The third kappa shape index (κ3) is 5.45. The van der Waals surface area contributed by atoms with Crippen LogP contribution in [0.25, 0.3) is 0 Å². The van der Waals surface area contributed by atoms with Crippen LogP contribution in [0.5, 0.6) is 0 Å². The third-order valence-corrected chi connectivity index (χ3v) is 5.34. The number of likely N-dealkylation sites (tertiary alicyclic amines) is 1. The van der Waals surface area contributed by atoms with E-state index in [0.29, 0.717) is 32.7 Å². The van der Waals surface area contributed by atoms with E-state index in [-0.39, 0.29) is 24.0 Å². The molecular weight excluding hydrogens is 360 g/mol. The average molecular weight is 388 g/mol. The van der Waals surface area contributed by atoms with Crippen molar-refractivity contribution in [2.45, 2.75) is 25.8 Å². The molecule has 2 aliphatic heterocycles. The Balaban J connectivity index is 1.40. The van der Waals surface area contributed by atoms with Crippen LogP contribution < -0.4 is 5.32 Å². The fraction of sp³-hybridized carbons (Fsp3) is 0.550. The monoisotopic (exact) mass is 388 g/mol. The normalized spacial score (nSPS) is 18.0. The van der Waals surface area contributed by atoms with Crippen molar-refractivity contribution in [1.82, 2.24) is 20.0 Å². The van der Waals surface area contributed by atoms with Gasteiger partial charge in [0.25, 0.3) is 0 Å². The molecule has 8 heteroatoms. The SMILES string of the molecule is O=C(O)c1cccc(CNC(=O)N2CCN(CC(=O)N3CCCCC3)CC2)c1. The zero-order chi connectivity index (χ0) is 19.9. The number of nitrogens with zero attached hydrogens (tertiary/aromatic N) is 3. The van der Waals surface area contributed by atoms with E-state index in [0.717, 1.165) is 31.5 Å². The maximum atomic E-state index is 12.4. The highest BCUT2D eigenvalue weighted by atomic mass is 16.4. The van der Waals surface area contributed by atoms with Crippen LogP contribution in [0.2, 0.25) is 0 Å². The van der Waals surface area contributed by atoms with Gasteiger partial charge >= 0.3 is 12.0 Å². The Morgan fingerprint density at radius 1 is 0.929 bits per heavy atom. The minimum Gasteiger partial charge on any atom is -0.478 e. The van der Waals surface area contributed by atoms with Gasteiger partial charge in [0.15, 0.2) is 0 Å². The van der Waals surface area contributed by atoms with E-state index in [1.807, 2.05) is 4.90 Å². The topological polar surface area (TPSA) is 93.2 Å². The van der Waals surface area contributed by atoms with Gasteiger partial charge in [0.05, 0.1) is 12.1 Å². The first-order valence-corrected chi connectivity index (χ1v) is 9.88. The maximum absolute atomic E-state index is 12.4. The second-order valence-corrected chi connectivity index (χ2v) is 7.37. The molecule has 28 heavy (non-hydrogen) atoms. The number of nitrogens with one attached hydrogen (secondary N) is 1. The number of benzene rings is 1. The summed E-state index contributed by atoms with van der Waals surface area (Å²) in [6, 6.07) is 6.38. The highest BCUT2D eigenvalue weighted by Gasteiger charge is 2.24. The van der Waals surface area contributed by atoms with Crippen LogP contribution in [0.3, 0.4) is 0 Å². The van der Waals surface area contributed by atoms with Gasteiger partial charge in [0, 0.05) is 45.8 Å². The van der Waals surface area contributed by atoms with Crippen molar-refractivity contribution in [3.05, 3.63) is 35.4 Å². The largest absolute Gasteiger partial charge is 0.478 e. The lowest BCUT2D eigenvalue weighted by Crippen LogP contribution is -2.53. The Labute approximate surface area is 165 Å². The van der Waals surface area contributed by atoms with Gasteiger partial charge in [-0.1, -0.05) is 12.1 Å². The Hall–Kier alpha value is -2.61. The minimum atomic E-state index is -0.983. The minimum absolute atomic E-state index is 0.164. The summed E-state index contributed by atoms with van der Waals surface area (Å²) in [5.41, 5.74) is 0.956. The van der Waals surface area contributed by atoms with Gasteiger partial charge in [-0.2, -0.15) is 0 Å². The van der Waals surface area contributed by atoms with Gasteiger partial charge < -0.3 is 20.2 Å². The average Bonchev–Trinajstić information content (AvgIpc) is 2.73. The smallest absolute Gasteiger partial charge is 0.335 e. The predicted octanol–water partition coefficient (Wildman–Crippen LogP) is 1.22. The second-order valence-electron chi connectivity index (χ2n) is 7.37. The number of carboxylic acid groups (broad SMARTS) is 1. The molecule has 2 fully saturated rings. The van der Waals surface area contributed by atoms with Gasteiger partial charge in [-0.25, -0.2) is 9.59 Å². The Morgan fingerprint density at radius 2 is 1.64 bits per heavy atom. The van der Waals surface area contributed by atoms with Crippen molar-refractivity contribution in [1.29, 1.82) is 0 Å². The first-order valence-electron chi connectivity index (χ1n) is 9.88. The molecule has 1 aromatic rings. The summed E-state index contributed by atoms with van der Waals surface area (Å²) < 4.78 is 0. The first kappa shape index (κ1) is 20.1. The number of urea groups is 1. The van der Waals surface area contributed by atoms with Gasteiger partial charge in [0.1, 0.15) is 0 Å². The number of piperidine rings is 1. The summed E-state index contributed by atoms with van der Waals surface area (Å²) >= 11 is 0. The Morgan fingerprint density at radius 3 is 2.32 bits per heavy atom. The molecule has 3 amide bonds. The molecule has 0 atom stereocenters. The van der Waals surface area contributed by atoms with E-state index in [1.54, 1.807) is 23.1 Å². The fourth-order valence-electron chi connectivity index (χ4n) is 3.65. The van der Waals surface area contributed by atoms with Crippen LogP contribution in [-0.2, 0) is 11.3 Å². The molecule has 2 heterocycles. The number of carbonyl (C=O) groups excluding carboxylic acids is 2. The number of carbonyl (C=O) groups is 3. The molecule has 2 saturated heterocycles. The van der Waals surface area contributed by atoms with Gasteiger partial charge in [-0.3, -0.25) is 9.69 Å². The van der Waals surface area contributed by atoms with E-state index in [1.165, 1.54) is 12.5 Å². The van der Waals surface area contributed by atoms with Crippen molar-refractivity contribution in [3.8, 4) is 0 Å². The lowest BCUT2D eigenvalue weighted by Gasteiger charge is -2.36. The number of carboxylic acids is 1. The molecule has 0 bridgehead atoms. The number of rotatable bonds is 5. The quantitative estimate of drug-likeness (QED) is 0.791. The molecule has 2 aliphatic rings. The molecule has 2 N–H and O–H groups in total. The van der Waals surface area contributed by atoms with Crippen LogP contribution in [0, 0.1) is 0 Å². The molecule has 3 rings (SSSR count). The second kappa shape index (κ2) is 9.54. The van der Waals surface area contributed by atoms with Crippen molar-refractivity contribution >= 4 is 17.9 Å². The number of hydrogen-bond donors (Lipinski definition) is 2. The number of piperazine rings is 1. The summed E-state index contributed by atoms with van der Waals surface area (Å²) in [7, 11) is 0. The molecule has 0 unspecified atom stereocenters. The van der Waals surface area contributed by atoms with E-state index in [2.05, 4.69) is 10.2 Å². The van der Waals surface area contributed by atoms with Crippen LogP contribution >= 0.6 is 0 Å². The Kier molecular flexibility index (Phi) is 6.86. The number of aromatic carboxylic acids is 1. The van der Waals surface area contributed by atoms with Crippen LogP contribution in [0.1, 0.15) is 35.2 Å². The first-order chi connectivity index (χ1) is 13.5. The van der Waals surface area contributed by atoms with Gasteiger partial charge in [-0.15, -0.1) is 0 Å². The van der Waals surface area contributed by atoms with Crippen LogP contribution in [-0.4, -0.2) is 83.5 Å². The standard InChI is InChI=1S/C20H28N4O4/c25-18(23-7-2-1-3-8-23)15-22-9-11-24(12-10-22)20(28)21-14-16-5-4-6-17(13-16)19(26)27/h4-6,13H,1-3,7-12,14-15H2,(H,21,28)(H,26,27). The molecule has 1 aromatic carbocycles. The van der Waals surface area contributed by atoms with Crippen LogP contribution in [0.4, 0.5) is 4.79 Å². The molecular formula is C20H28N4O4. The molecule has 0 radical (unpaired) electrons. The Bertz CT molecular complexity index is 710. The van der Waals surface area contributed by atoms with Crippen molar-refractivity contribution in [3.63, 3.8) is 0 Å². The van der Waals surface area contributed by atoms with E-state index < -0.39 is 5.97 Å². The summed E-state index contributed by atoms with van der Waals surface area (Å²) in [6.45, 7) is 4.96. The fourth-order valence-corrected chi connectivity index (χ4v) is 3.65. The lowest BCUT2D eigenvalue weighted by atomic mass is 10.1. The van der Waals surface area contributed by atoms with Gasteiger partial charge in [-0.05, 0) is 37.0 Å². The molecule has 0 spiro atoms. The molecule has 0 saturated carbocycles. The van der Waals surface area contributed by atoms with E-state index in [9.17, 15) is 14.4 Å². The van der Waals surface area contributed by atoms with E-state index >= 15 is 0 Å². The van der Waals surface area contributed by atoms with Crippen LogP contribution in [0.15, 0.2) is 24.3 Å². The zero-order valence-electron chi connectivity index (χ0n) is 16.1. The molecule has 8 nitrogen and oxygen atoms in total.